The Labute approximate surface area is 153 Å². The van der Waals surface area contributed by atoms with E-state index < -0.39 is 6.29 Å². The standard InChI is InChI=1S/C19H22ClNO4/c1-2-9-21-19(23)17-12-15(14-5-7-16(20)8-6-14)13-18(25-17)24-11-4-3-10-22/h1,5-8,12,15,18,22H,3-4,9-11,13H2,(H,21,23)/t15-,18+/m0/s1. The molecule has 1 aliphatic rings. The zero-order valence-electron chi connectivity index (χ0n) is 13.9. The molecule has 0 saturated carbocycles. The van der Waals surface area contributed by atoms with E-state index in [0.717, 1.165) is 12.0 Å². The molecule has 1 aromatic carbocycles. The number of hydrogen-bond acceptors (Lipinski definition) is 4. The van der Waals surface area contributed by atoms with Crippen molar-refractivity contribution in [2.75, 3.05) is 19.8 Å². The Balaban J connectivity index is 2.10. The molecule has 6 heteroatoms. The third-order valence-electron chi connectivity index (χ3n) is 3.79. The second-order valence-electron chi connectivity index (χ2n) is 5.66. The van der Waals surface area contributed by atoms with Crippen LogP contribution >= 0.6 is 11.6 Å². The van der Waals surface area contributed by atoms with Gasteiger partial charge in [-0.2, -0.15) is 0 Å². The molecule has 2 rings (SSSR count). The first-order chi connectivity index (χ1) is 12.1. The van der Waals surface area contributed by atoms with Crippen molar-refractivity contribution in [2.24, 2.45) is 0 Å². The van der Waals surface area contributed by atoms with Crippen LogP contribution in [0.1, 0.15) is 30.7 Å². The highest BCUT2D eigenvalue weighted by Crippen LogP contribution is 2.32. The molecule has 2 N–H and O–H groups in total. The molecule has 0 saturated heterocycles. The maximum atomic E-state index is 12.2. The van der Waals surface area contributed by atoms with Crippen molar-refractivity contribution in [1.82, 2.24) is 5.32 Å². The molecule has 5 nitrogen and oxygen atoms in total. The first-order valence-electron chi connectivity index (χ1n) is 8.22. The third kappa shape index (κ3) is 6.09. The van der Waals surface area contributed by atoms with Gasteiger partial charge >= 0.3 is 0 Å². The van der Waals surface area contributed by atoms with Crippen molar-refractivity contribution in [3.63, 3.8) is 0 Å². The first-order valence-corrected chi connectivity index (χ1v) is 8.60. The number of halogens is 1. The van der Waals surface area contributed by atoms with Gasteiger partial charge in [0.05, 0.1) is 13.2 Å². The Morgan fingerprint density at radius 2 is 2.16 bits per heavy atom. The van der Waals surface area contributed by atoms with Crippen molar-refractivity contribution < 1.29 is 19.4 Å². The first kappa shape index (κ1) is 19.3. The number of nitrogens with one attached hydrogen (secondary N) is 1. The third-order valence-corrected chi connectivity index (χ3v) is 4.04. The van der Waals surface area contributed by atoms with Crippen LogP contribution in [0.5, 0.6) is 0 Å². The minimum atomic E-state index is -0.532. The molecular formula is C19H22ClNO4. The predicted molar refractivity (Wildman–Crippen MR) is 95.9 cm³/mol. The molecule has 0 aromatic heterocycles. The van der Waals surface area contributed by atoms with E-state index in [0.29, 0.717) is 24.5 Å². The average Bonchev–Trinajstić information content (AvgIpc) is 2.63. The lowest BCUT2D eigenvalue weighted by molar-refractivity contribution is -0.146. The van der Waals surface area contributed by atoms with Crippen LogP contribution in [-0.4, -0.2) is 37.1 Å². The molecule has 2 atom stereocenters. The highest BCUT2D eigenvalue weighted by molar-refractivity contribution is 6.30. The van der Waals surface area contributed by atoms with Crippen molar-refractivity contribution in [3.05, 3.63) is 46.7 Å². The van der Waals surface area contributed by atoms with Gasteiger partial charge in [-0.1, -0.05) is 29.7 Å². The lowest BCUT2D eigenvalue weighted by Gasteiger charge is -2.29. The number of unbranched alkanes of at least 4 members (excludes halogenated alkanes) is 1. The van der Waals surface area contributed by atoms with Crippen LogP contribution in [0.25, 0.3) is 0 Å². The Bertz CT molecular complexity index is 636. The van der Waals surface area contributed by atoms with Gasteiger partial charge in [0.1, 0.15) is 0 Å². The van der Waals surface area contributed by atoms with Crippen molar-refractivity contribution >= 4 is 17.5 Å². The fourth-order valence-corrected chi connectivity index (χ4v) is 2.63. The lowest BCUT2D eigenvalue weighted by Crippen LogP contribution is -2.33. The minimum absolute atomic E-state index is 0.0274. The molecule has 0 radical (unpaired) electrons. The van der Waals surface area contributed by atoms with E-state index in [9.17, 15) is 4.79 Å². The maximum Gasteiger partial charge on any atom is 0.286 e. The average molecular weight is 364 g/mol. The van der Waals surface area contributed by atoms with Gasteiger partial charge in [-0.3, -0.25) is 4.79 Å². The van der Waals surface area contributed by atoms with Gasteiger partial charge in [0.15, 0.2) is 5.76 Å². The van der Waals surface area contributed by atoms with Crippen LogP contribution in [0.3, 0.4) is 0 Å². The number of terminal acetylenes is 1. The van der Waals surface area contributed by atoms with Gasteiger partial charge in [-0.15, -0.1) is 6.42 Å². The number of benzene rings is 1. The van der Waals surface area contributed by atoms with E-state index in [1.54, 1.807) is 6.08 Å². The number of hydrogen-bond donors (Lipinski definition) is 2. The number of rotatable bonds is 8. The lowest BCUT2D eigenvalue weighted by atomic mass is 9.93. The molecule has 1 amide bonds. The summed E-state index contributed by atoms with van der Waals surface area (Å²) < 4.78 is 11.4. The summed E-state index contributed by atoms with van der Waals surface area (Å²) in [4.78, 5) is 12.2. The van der Waals surface area contributed by atoms with E-state index in [-0.39, 0.29) is 30.7 Å². The number of ether oxygens (including phenoxy) is 2. The molecule has 0 unspecified atom stereocenters. The van der Waals surface area contributed by atoms with Crippen molar-refractivity contribution in [2.45, 2.75) is 31.5 Å². The SMILES string of the molecule is C#CCNC(=O)C1=C[C@H](c2ccc(Cl)cc2)C[C@H](OCCCCO)O1. The molecule has 1 aliphatic heterocycles. The molecule has 0 bridgehead atoms. The van der Waals surface area contributed by atoms with Gasteiger partial charge in [0.25, 0.3) is 5.91 Å². The van der Waals surface area contributed by atoms with Gasteiger partial charge in [0, 0.05) is 24.0 Å². The zero-order chi connectivity index (χ0) is 18.1. The number of aliphatic hydroxyl groups excluding tert-OH is 1. The normalized spacial score (nSPS) is 19.5. The molecule has 0 fully saturated rings. The summed E-state index contributed by atoms with van der Waals surface area (Å²) in [7, 11) is 0. The number of allylic oxidation sites excluding steroid dienone is 1. The Hall–Kier alpha value is -2.00. The number of carbonyl (C=O) groups is 1. The summed E-state index contributed by atoms with van der Waals surface area (Å²) >= 11 is 5.95. The molecular weight excluding hydrogens is 342 g/mol. The predicted octanol–water partition coefficient (Wildman–Crippen LogP) is 2.59. The summed E-state index contributed by atoms with van der Waals surface area (Å²) in [6.45, 7) is 0.715. The van der Waals surface area contributed by atoms with Crippen LogP contribution in [0.2, 0.25) is 5.02 Å². The Morgan fingerprint density at radius 1 is 1.40 bits per heavy atom. The monoisotopic (exact) mass is 363 g/mol. The summed E-state index contributed by atoms with van der Waals surface area (Å²) in [6.07, 6.45) is 8.41. The van der Waals surface area contributed by atoms with E-state index >= 15 is 0 Å². The van der Waals surface area contributed by atoms with Crippen molar-refractivity contribution in [3.8, 4) is 12.3 Å². The van der Waals surface area contributed by atoms with E-state index in [4.69, 9.17) is 32.6 Å². The molecule has 0 spiro atoms. The molecule has 0 aliphatic carbocycles. The summed E-state index contributed by atoms with van der Waals surface area (Å²) in [5.74, 6) is 2.18. The fourth-order valence-electron chi connectivity index (χ4n) is 2.51. The molecule has 25 heavy (non-hydrogen) atoms. The maximum absolute atomic E-state index is 12.2. The Kier molecular flexibility index (Phi) is 7.80. The number of carbonyl (C=O) groups excluding carboxylic acids is 1. The fraction of sp³-hybridized carbons (Fsp3) is 0.421. The second kappa shape index (κ2) is 10.1. The van der Waals surface area contributed by atoms with Gasteiger partial charge < -0.3 is 19.9 Å². The minimum Gasteiger partial charge on any atom is -0.459 e. The van der Waals surface area contributed by atoms with Crippen LogP contribution in [0.4, 0.5) is 0 Å². The number of aliphatic hydroxyl groups is 1. The largest absolute Gasteiger partial charge is 0.459 e. The highest BCUT2D eigenvalue weighted by Gasteiger charge is 2.28. The van der Waals surface area contributed by atoms with Crippen LogP contribution in [0.15, 0.2) is 36.1 Å². The van der Waals surface area contributed by atoms with E-state index in [1.807, 2.05) is 24.3 Å². The van der Waals surface area contributed by atoms with Gasteiger partial charge in [-0.25, -0.2) is 0 Å². The second-order valence-corrected chi connectivity index (χ2v) is 6.10. The van der Waals surface area contributed by atoms with Crippen molar-refractivity contribution in [1.29, 1.82) is 0 Å². The zero-order valence-corrected chi connectivity index (χ0v) is 14.7. The van der Waals surface area contributed by atoms with Crippen LogP contribution in [-0.2, 0) is 14.3 Å². The smallest absolute Gasteiger partial charge is 0.286 e. The molecule has 134 valence electrons. The number of amides is 1. The van der Waals surface area contributed by atoms with E-state index in [1.165, 1.54) is 0 Å². The van der Waals surface area contributed by atoms with Crippen LogP contribution < -0.4 is 5.32 Å². The van der Waals surface area contributed by atoms with Gasteiger partial charge in [0.2, 0.25) is 6.29 Å². The van der Waals surface area contributed by atoms with E-state index in [2.05, 4.69) is 11.2 Å². The highest BCUT2D eigenvalue weighted by atomic mass is 35.5. The topological polar surface area (TPSA) is 67.8 Å². The summed E-state index contributed by atoms with van der Waals surface area (Å²) in [5, 5.41) is 12.1. The summed E-state index contributed by atoms with van der Waals surface area (Å²) in [5.41, 5.74) is 1.03. The molecule has 1 heterocycles. The van der Waals surface area contributed by atoms with Gasteiger partial charge in [-0.05, 0) is 36.6 Å². The summed E-state index contributed by atoms with van der Waals surface area (Å²) in [6, 6.07) is 7.48. The van der Waals surface area contributed by atoms with Crippen LogP contribution in [0, 0.1) is 12.3 Å². The molecule has 1 aromatic rings. The quantitative estimate of drug-likeness (QED) is 0.550. The Morgan fingerprint density at radius 3 is 2.84 bits per heavy atom.